The summed E-state index contributed by atoms with van der Waals surface area (Å²) in [5, 5.41) is 0.343. The molecule has 2 aromatic heterocycles. The molecule has 7 nitrogen and oxygen atoms in total. The molecule has 0 spiro atoms. The second kappa shape index (κ2) is 8.93. The first-order valence-corrected chi connectivity index (χ1v) is 9.55. The molecule has 0 saturated heterocycles. The number of aryl methyl sites for hydroxylation is 1. The Hall–Kier alpha value is -2.22. The van der Waals surface area contributed by atoms with Gasteiger partial charge >= 0.3 is 11.9 Å². The lowest BCUT2D eigenvalue weighted by molar-refractivity contribution is -0.144. The van der Waals surface area contributed by atoms with Crippen LogP contribution in [0.3, 0.4) is 0 Å². The Labute approximate surface area is 155 Å². The predicted octanol–water partition coefficient (Wildman–Crippen LogP) is 3.07. The van der Waals surface area contributed by atoms with Crippen molar-refractivity contribution in [1.82, 2.24) is 9.55 Å². The number of ether oxygens (including phenoxy) is 2. The third-order valence-electron chi connectivity index (χ3n) is 4.05. The molecule has 0 aliphatic rings. The molecule has 0 N–H and O–H groups in total. The summed E-state index contributed by atoms with van der Waals surface area (Å²) < 4.78 is 11.6. The Balaban J connectivity index is 2.28. The maximum atomic E-state index is 12.7. The predicted molar refractivity (Wildman–Crippen MR) is 99.7 cm³/mol. The number of nitrogens with zero attached hydrogens (tertiary/aromatic N) is 2. The summed E-state index contributed by atoms with van der Waals surface area (Å²) in [6.45, 7) is 7.57. The van der Waals surface area contributed by atoms with Gasteiger partial charge in [-0.2, -0.15) is 0 Å². The highest BCUT2D eigenvalue weighted by molar-refractivity contribution is 7.20. The number of aromatic nitrogens is 2. The Morgan fingerprint density at radius 3 is 2.73 bits per heavy atom. The van der Waals surface area contributed by atoms with Crippen molar-refractivity contribution in [3.05, 3.63) is 27.1 Å². The van der Waals surface area contributed by atoms with Crippen LogP contribution in [0, 0.1) is 6.92 Å². The molecule has 0 saturated carbocycles. The van der Waals surface area contributed by atoms with Gasteiger partial charge < -0.3 is 9.47 Å². The zero-order chi connectivity index (χ0) is 19.3. The van der Waals surface area contributed by atoms with Crippen molar-refractivity contribution in [2.24, 2.45) is 0 Å². The number of carbonyl (C=O) groups is 2. The largest absolute Gasteiger partial charge is 0.464 e. The summed E-state index contributed by atoms with van der Waals surface area (Å²) in [7, 11) is 0. The smallest absolute Gasteiger partial charge is 0.348 e. The number of unbranched alkanes of at least 4 members (excludes halogenated alkanes) is 1. The van der Waals surface area contributed by atoms with E-state index >= 15 is 0 Å². The standard InChI is InChI=1S/C18H24N2O5S/c1-5-7-8-24-13(21)9-20-10-19-16-14(17(20)22)12(4)15(26-16)18(23)25-11(3)6-2/h10-11H,5-9H2,1-4H3. The van der Waals surface area contributed by atoms with E-state index in [1.165, 1.54) is 10.9 Å². The highest BCUT2D eigenvalue weighted by atomic mass is 32.1. The van der Waals surface area contributed by atoms with Gasteiger partial charge in [0.25, 0.3) is 5.56 Å². The lowest BCUT2D eigenvalue weighted by Gasteiger charge is -2.09. The molecule has 2 rings (SSSR count). The fourth-order valence-electron chi connectivity index (χ4n) is 2.30. The van der Waals surface area contributed by atoms with Crippen LogP contribution < -0.4 is 5.56 Å². The summed E-state index contributed by atoms with van der Waals surface area (Å²) in [6, 6.07) is 0. The summed E-state index contributed by atoms with van der Waals surface area (Å²) in [6.07, 6.45) is 3.52. The zero-order valence-corrected chi connectivity index (χ0v) is 16.4. The molecule has 1 unspecified atom stereocenters. The summed E-state index contributed by atoms with van der Waals surface area (Å²) in [4.78, 5) is 41.9. The molecular formula is C18H24N2O5S. The third-order valence-corrected chi connectivity index (χ3v) is 5.23. The SMILES string of the molecule is CCCCOC(=O)Cn1cnc2sc(C(=O)OC(C)CC)c(C)c2c1=O. The van der Waals surface area contributed by atoms with Crippen LogP contribution in [-0.4, -0.2) is 34.2 Å². The Kier molecular flexibility index (Phi) is 6.90. The summed E-state index contributed by atoms with van der Waals surface area (Å²) in [5.41, 5.74) is 0.170. The summed E-state index contributed by atoms with van der Waals surface area (Å²) in [5.74, 6) is -0.934. The maximum Gasteiger partial charge on any atom is 0.348 e. The van der Waals surface area contributed by atoms with Crippen molar-refractivity contribution in [2.45, 2.75) is 59.6 Å². The van der Waals surface area contributed by atoms with Gasteiger partial charge in [-0.05, 0) is 32.3 Å². The highest BCUT2D eigenvalue weighted by Gasteiger charge is 2.22. The number of hydrogen-bond donors (Lipinski definition) is 0. The zero-order valence-electron chi connectivity index (χ0n) is 15.5. The molecule has 0 fully saturated rings. The lowest BCUT2D eigenvalue weighted by Crippen LogP contribution is -2.26. The molecule has 0 aromatic carbocycles. The van der Waals surface area contributed by atoms with E-state index in [2.05, 4.69) is 4.98 Å². The fraction of sp³-hybridized carbons (Fsp3) is 0.556. The number of thiophene rings is 1. The third kappa shape index (κ3) is 4.49. The van der Waals surface area contributed by atoms with Crippen molar-refractivity contribution in [3.63, 3.8) is 0 Å². The second-order valence-electron chi connectivity index (χ2n) is 6.11. The minimum Gasteiger partial charge on any atom is -0.464 e. The normalized spacial score (nSPS) is 12.2. The molecule has 0 radical (unpaired) electrons. The summed E-state index contributed by atoms with van der Waals surface area (Å²) >= 11 is 1.13. The van der Waals surface area contributed by atoms with Gasteiger partial charge in [0.2, 0.25) is 0 Å². The molecule has 26 heavy (non-hydrogen) atoms. The molecule has 142 valence electrons. The van der Waals surface area contributed by atoms with E-state index in [9.17, 15) is 14.4 Å². The number of rotatable bonds is 8. The lowest BCUT2D eigenvalue weighted by atomic mass is 10.2. The van der Waals surface area contributed by atoms with E-state index in [1.54, 1.807) is 6.92 Å². The van der Waals surface area contributed by atoms with E-state index in [-0.39, 0.29) is 18.2 Å². The molecule has 8 heteroatoms. The van der Waals surface area contributed by atoms with Crippen molar-refractivity contribution in [1.29, 1.82) is 0 Å². The van der Waals surface area contributed by atoms with Gasteiger partial charge in [-0.15, -0.1) is 11.3 Å². The monoisotopic (exact) mass is 380 g/mol. The Morgan fingerprint density at radius 2 is 2.08 bits per heavy atom. The molecule has 2 heterocycles. The van der Waals surface area contributed by atoms with Crippen molar-refractivity contribution in [2.75, 3.05) is 6.61 Å². The van der Waals surface area contributed by atoms with Crippen molar-refractivity contribution >= 4 is 33.5 Å². The van der Waals surface area contributed by atoms with Gasteiger partial charge in [0.1, 0.15) is 16.3 Å². The van der Waals surface area contributed by atoms with Crippen LogP contribution in [0.15, 0.2) is 11.1 Å². The minimum atomic E-state index is -0.481. The van der Waals surface area contributed by atoms with Crippen LogP contribution in [0.2, 0.25) is 0 Å². The molecule has 1 atom stereocenters. The van der Waals surface area contributed by atoms with E-state index in [4.69, 9.17) is 9.47 Å². The molecule has 0 bridgehead atoms. The second-order valence-corrected chi connectivity index (χ2v) is 7.11. The van der Waals surface area contributed by atoms with Crippen LogP contribution >= 0.6 is 11.3 Å². The van der Waals surface area contributed by atoms with Crippen LogP contribution in [0.25, 0.3) is 10.2 Å². The number of fused-ring (bicyclic) bond motifs is 1. The van der Waals surface area contributed by atoms with Crippen LogP contribution in [-0.2, 0) is 20.8 Å². The van der Waals surface area contributed by atoms with E-state index in [0.717, 1.165) is 24.2 Å². The van der Waals surface area contributed by atoms with Gasteiger partial charge in [0.15, 0.2) is 0 Å². The Morgan fingerprint density at radius 1 is 1.35 bits per heavy atom. The van der Waals surface area contributed by atoms with E-state index < -0.39 is 11.9 Å². The topological polar surface area (TPSA) is 87.5 Å². The molecule has 0 amide bonds. The van der Waals surface area contributed by atoms with Crippen LogP contribution in [0.5, 0.6) is 0 Å². The first-order chi connectivity index (χ1) is 12.4. The van der Waals surface area contributed by atoms with E-state index in [0.29, 0.717) is 33.7 Å². The van der Waals surface area contributed by atoms with Gasteiger partial charge in [0.05, 0.1) is 24.4 Å². The minimum absolute atomic E-state index is 0.199. The van der Waals surface area contributed by atoms with Crippen molar-refractivity contribution in [3.8, 4) is 0 Å². The molecule has 0 aliphatic heterocycles. The van der Waals surface area contributed by atoms with Gasteiger partial charge in [-0.3, -0.25) is 14.2 Å². The maximum absolute atomic E-state index is 12.7. The highest BCUT2D eigenvalue weighted by Crippen LogP contribution is 2.27. The number of hydrogen-bond acceptors (Lipinski definition) is 7. The average molecular weight is 380 g/mol. The number of esters is 2. The Bertz CT molecular complexity index is 855. The molecule has 0 aliphatic carbocycles. The van der Waals surface area contributed by atoms with Gasteiger partial charge in [-0.25, -0.2) is 9.78 Å². The average Bonchev–Trinajstić information content (AvgIpc) is 2.95. The van der Waals surface area contributed by atoms with Crippen LogP contribution in [0.1, 0.15) is 55.3 Å². The molecule has 2 aromatic rings. The van der Waals surface area contributed by atoms with Crippen molar-refractivity contribution < 1.29 is 19.1 Å². The quantitative estimate of drug-likeness (QED) is 0.517. The van der Waals surface area contributed by atoms with Crippen LogP contribution in [0.4, 0.5) is 0 Å². The number of carbonyl (C=O) groups excluding carboxylic acids is 2. The van der Waals surface area contributed by atoms with E-state index in [1.807, 2.05) is 20.8 Å². The first-order valence-electron chi connectivity index (χ1n) is 8.74. The first kappa shape index (κ1) is 20.1. The molecular weight excluding hydrogens is 356 g/mol. The van der Waals surface area contributed by atoms with Gasteiger partial charge in [0, 0.05) is 0 Å². The fourth-order valence-corrected chi connectivity index (χ4v) is 3.32. The van der Waals surface area contributed by atoms with Gasteiger partial charge in [-0.1, -0.05) is 20.3 Å².